The molecule has 0 saturated carbocycles. The van der Waals surface area contributed by atoms with Gasteiger partial charge in [-0.05, 0) is 43.7 Å². The Morgan fingerprint density at radius 1 is 1.15 bits per heavy atom. The van der Waals surface area contributed by atoms with Crippen molar-refractivity contribution in [2.24, 2.45) is 0 Å². The fourth-order valence-electron chi connectivity index (χ4n) is 4.56. The number of Topliss-reactive ketones (excluding diaryl/α,β-unsaturated/α-hetero) is 1. The van der Waals surface area contributed by atoms with Crippen LogP contribution in [0.25, 0.3) is 11.0 Å². The quantitative estimate of drug-likeness (QED) is 0.549. The van der Waals surface area contributed by atoms with Crippen LogP contribution in [-0.4, -0.2) is 66.0 Å². The highest BCUT2D eigenvalue weighted by Crippen LogP contribution is 2.39. The Morgan fingerprint density at radius 2 is 1.97 bits per heavy atom. The number of carbonyl (C=O) groups excluding carboxylic acids is 2. The van der Waals surface area contributed by atoms with Crippen LogP contribution < -0.4 is 0 Å². The first-order valence-corrected chi connectivity index (χ1v) is 11.2. The van der Waals surface area contributed by atoms with Gasteiger partial charge in [0.25, 0.3) is 5.91 Å². The van der Waals surface area contributed by atoms with E-state index in [9.17, 15) is 14.7 Å². The van der Waals surface area contributed by atoms with Crippen LogP contribution in [0, 0.1) is 6.92 Å². The van der Waals surface area contributed by atoms with Gasteiger partial charge in [-0.3, -0.25) is 14.5 Å². The SMILES string of the molecule is Cc1ccc2oc(C(=O)C3=C(O)C(=O)N(CCCN4CCOCC4)C3c3ccco3)cc2c1. The van der Waals surface area contributed by atoms with Crippen molar-refractivity contribution in [3.05, 3.63) is 71.1 Å². The number of benzene rings is 1. The van der Waals surface area contributed by atoms with E-state index in [0.29, 0.717) is 37.5 Å². The summed E-state index contributed by atoms with van der Waals surface area (Å²) in [6.45, 7) is 6.25. The molecule has 1 fully saturated rings. The Hall–Kier alpha value is -3.36. The van der Waals surface area contributed by atoms with Crippen LogP contribution in [0.1, 0.15) is 34.3 Å². The second-order valence-electron chi connectivity index (χ2n) is 8.47. The van der Waals surface area contributed by atoms with Gasteiger partial charge in [0.2, 0.25) is 5.78 Å². The van der Waals surface area contributed by atoms with E-state index in [0.717, 1.165) is 30.6 Å². The molecule has 33 heavy (non-hydrogen) atoms. The van der Waals surface area contributed by atoms with E-state index < -0.39 is 23.5 Å². The zero-order valence-corrected chi connectivity index (χ0v) is 18.5. The van der Waals surface area contributed by atoms with Crippen molar-refractivity contribution in [3.8, 4) is 0 Å². The second kappa shape index (κ2) is 8.88. The molecule has 5 rings (SSSR count). The van der Waals surface area contributed by atoms with E-state index in [1.165, 1.54) is 11.2 Å². The lowest BCUT2D eigenvalue weighted by molar-refractivity contribution is -0.129. The lowest BCUT2D eigenvalue weighted by Crippen LogP contribution is -2.39. The summed E-state index contributed by atoms with van der Waals surface area (Å²) in [6.07, 6.45) is 2.19. The van der Waals surface area contributed by atoms with Crippen LogP contribution >= 0.6 is 0 Å². The summed E-state index contributed by atoms with van der Waals surface area (Å²) in [5.41, 5.74) is 1.60. The molecule has 1 amide bonds. The number of nitrogens with zero attached hydrogens (tertiary/aromatic N) is 2. The summed E-state index contributed by atoms with van der Waals surface area (Å²) in [7, 11) is 0. The average Bonchev–Trinajstić information content (AvgIpc) is 3.54. The van der Waals surface area contributed by atoms with Crippen molar-refractivity contribution in [1.82, 2.24) is 9.80 Å². The van der Waals surface area contributed by atoms with Crippen LogP contribution in [0.4, 0.5) is 0 Å². The molecule has 0 spiro atoms. The summed E-state index contributed by atoms with van der Waals surface area (Å²) >= 11 is 0. The normalized spacial score (nSPS) is 19.7. The van der Waals surface area contributed by atoms with E-state index in [1.54, 1.807) is 24.3 Å². The first-order valence-electron chi connectivity index (χ1n) is 11.2. The third kappa shape index (κ3) is 4.07. The van der Waals surface area contributed by atoms with Gasteiger partial charge in [0.05, 0.1) is 25.1 Å². The highest BCUT2D eigenvalue weighted by molar-refractivity contribution is 6.15. The monoisotopic (exact) mass is 450 g/mol. The Kier molecular flexibility index (Phi) is 5.78. The predicted octanol–water partition coefficient (Wildman–Crippen LogP) is 3.63. The number of aryl methyl sites for hydroxylation is 1. The fraction of sp³-hybridized carbons (Fsp3) is 0.360. The van der Waals surface area contributed by atoms with Crippen molar-refractivity contribution >= 4 is 22.7 Å². The largest absolute Gasteiger partial charge is 0.503 e. The molecule has 1 N–H and O–H groups in total. The molecule has 1 aromatic carbocycles. The van der Waals surface area contributed by atoms with Gasteiger partial charge >= 0.3 is 0 Å². The molecular formula is C25H26N2O6. The van der Waals surface area contributed by atoms with Gasteiger partial charge in [-0.15, -0.1) is 0 Å². The molecule has 1 saturated heterocycles. The van der Waals surface area contributed by atoms with Gasteiger partial charge < -0.3 is 23.6 Å². The summed E-state index contributed by atoms with van der Waals surface area (Å²) in [5.74, 6) is -1.14. The number of fused-ring (bicyclic) bond motifs is 1. The first-order chi connectivity index (χ1) is 16.0. The number of ketones is 1. The molecule has 8 nitrogen and oxygen atoms in total. The maximum absolute atomic E-state index is 13.5. The fourth-order valence-corrected chi connectivity index (χ4v) is 4.56. The van der Waals surface area contributed by atoms with Crippen molar-refractivity contribution in [3.63, 3.8) is 0 Å². The standard InChI is InChI=1S/C25H26N2O6/c1-16-5-6-18-17(14-16)15-20(33-18)23(28)21-22(19-4-2-11-32-19)27(25(30)24(21)29)8-3-7-26-9-12-31-13-10-26/h2,4-6,11,14-15,22,29H,3,7-10,12-13H2,1H3. The van der Waals surface area contributed by atoms with Crippen LogP contribution in [-0.2, 0) is 9.53 Å². The molecule has 2 aromatic heterocycles. The second-order valence-corrected chi connectivity index (χ2v) is 8.47. The molecule has 2 aliphatic heterocycles. The van der Waals surface area contributed by atoms with Crippen LogP contribution in [0.2, 0.25) is 0 Å². The topological polar surface area (TPSA) is 96.4 Å². The highest BCUT2D eigenvalue weighted by Gasteiger charge is 2.45. The van der Waals surface area contributed by atoms with Gasteiger partial charge in [-0.25, -0.2) is 0 Å². The summed E-state index contributed by atoms with van der Waals surface area (Å²) in [4.78, 5) is 30.3. The predicted molar refractivity (Wildman–Crippen MR) is 120 cm³/mol. The third-order valence-electron chi connectivity index (χ3n) is 6.23. The Morgan fingerprint density at radius 3 is 2.73 bits per heavy atom. The van der Waals surface area contributed by atoms with Gasteiger partial charge in [0.1, 0.15) is 17.4 Å². The van der Waals surface area contributed by atoms with E-state index >= 15 is 0 Å². The number of hydrogen-bond donors (Lipinski definition) is 1. The molecular weight excluding hydrogens is 424 g/mol. The molecule has 0 aliphatic carbocycles. The van der Waals surface area contributed by atoms with Crippen molar-refractivity contribution in [2.75, 3.05) is 39.4 Å². The van der Waals surface area contributed by atoms with E-state index in [-0.39, 0.29) is 11.3 Å². The summed E-state index contributed by atoms with van der Waals surface area (Å²) in [5, 5.41) is 11.5. The van der Waals surface area contributed by atoms with Crippen LogP contribution in [0.15, 0.2) is 62.8 Å². The lowest BCUT2D eigenvalue weighted by Gasteiger charge is -2.29. The van der Waals surface area contributed by atoms with Gasteiger partial charge in [0, 0.05) is 31.6 Å². The number of aliphatic hydroxyl groups is 1. The number of rotatable bonds is 7. The zero-order valence-electron chi connectivity index (χ0n) is 18.5. The maximum Gasteiger partial charge on any atom is 0.290 e. The molecule has 2 aliphatic rings. The van der Waals surface area contributed by atoms with Crippen molar-refractivity contribution in [2.45, 2.75) is 19.4 Å². The average molecular weight is 450 g/mol. The number of hydrogen-bond acceptors (Lipinski definition) is 7. The van der Waals surface area contributed by atoms with Crippen molar-refractivity contribution < 1.29 is 28.3 Å². The first kappa shape index (κ1) is 21.5. The molecule has 0 radical (unpaired) electrons. The molecule has 8 heteroatoms. The minimum absolute atomic E-state index is 0.0166. The molecule has 1 atom stereocenters. The summed E-state index contributed by atoms with van der Waals surface area (Å²) in [6, 6.07) is 9.88. The number of furan rings is 2. The Labute approximate surface area is 191 Å². The van der Waals surface area contributed by atoms with E-state index in [2.05, 4.69) is 4.90 Å². The number of morpholine rings is 1. The van der Waals surface area contributed by atoms with Crippen LogP contribution in [0.3, 0.4) is 0 Å². The molecule has 1 unspecified atom stereocenters. The highest BCUT2D eigenvalue weighted by atomic mass is 16.5. The van der Waals surface area contributed by atoms with Gasteiger partial charge in [0.15, 0.2) is 11.5 Å². The number of amides is 1. The number of aliphatic hydroxyl groups excluding tert-OH is 1. The Balaban J connectivity index is 1.42. The molecule has 172 valence electrons. The lowest BCUT2D eigenvalue weighted by atomic mass is 9.99. The minimum Gasteiger partial charge on any atom is -0.503 e. The molecule has 4 heterocycles. The number of ether oxygens (including phenoxy) is 1. The van der Waals surface area contributed by atoms with Crippen molar-refractivity contribution in [1.29, 1.82) is 0 Å². The summed E-state index contributed by atoms with van der Waals surface area (Å²) < 4.78 is 16.7. The number of carbonyl (C=O) groups is 2. The molecule has 0 bridgehead atoms. The van der Waals surface area contributed by atoms with Gasteiger partial charge in [-0.1, -0.05) is 11.6 Å². The molecule has 3 aromatic rings. The van der Waals surface area contributed by atoms with E-state index in [4.69, 9.17) is 13.6 Å². The smallest absolute Gasteiger partial charge is 0.290 e. The van der Waals surface area contributed by atoms with Crippen LogP contribution in [0.5, 0.6) is 0 Å². The zero-order chi connectivity index (χ0) is 22.9. The maximum atomic E-state index is 13.5. The van der Waals surface area contributed by atoms with Gasteiger partial charge in [-0.2, -0.15) is 0 Å². The third-order valence-corrected chi connectivity index (χ3v) is 6.23. The van der Waals surface area contributed by atoms with E-state index in [1.807, 2.05) is 19.1 Å². The Bertz CT molecular complexity index is 1200. The minimum atomic E-state index is -0.806.